The molecule has 4 rings (SSSR count). The summed E-state index contributed by atoms with van der Waals surface area (Å²) in [4.78, 5) is 36.8. The average molecular weight is 432 g/mol. The standard InChI is InChI=1S/C23H16N2O5S/c24-12-16-8-9-31-21(16)25-20(26)13-29-22(27)15-6-7-18-17(10-15)11-19(30-23(18)28)14-4-2-1-3-5-14/h1-10,19H,11,13H2,(H,25,26). The lowest BCUT2D eigenvalue weighted by molar-refractivity contribution is -0.119. The molecular formula is C23H16N2O5S. The second-order valence-electron chi connectivity index (χ2n) is 6.78. The first kappa shape index (κ1) is 20.3. The Labute approximate surface area is 181 Å². The van der Waals surface area contributed by atoms with E-state index in [2.05, 4.69) is 5.32 Å². The molecule has 1 aliphatic heterocycles. The van der Waals surface area contributed by atoms with Crippen LogP contribution in [0.3, 0.4) is 0 Å². The van der Waals surface area contributed by atoms with Gasteiger partial charge < -0.3 is 14.8 Å². The van der Waals surface area contributed by atoms with E-state index in [1.165, 1.54) is 23.5 Å². The molecule has 0 aliphatic carbocycles. The normalized spacial score (nSPS) is 14.7. The zero-order valence-electron chi connectivity index (χ0n) is 16.2. The first-order valence-electron chi connectivity index (χ1n) is 9.38. The summed E-state index contributed by atoms with van der Waals surface area (Å²) in [7, 11) is 0. The third kappa shape index (κ3) is 4.47. The van der Waals surface area contributed by atoms with Gasteiger partial charge in [0.1, 0.15) is 17.2 Å². The Morgan fingerprint density at radius 3 is 2.77 bits per heavy atom. The number of nitrogens with one attached hydrogen (secondary N) is 1. The lowest BCUT2D eigenvalue weighted by atomic mass is 9.93. The van der Waals surface area contributed by atoms with Crippen molar-refractivity contribution in [3.05, 3.63) is 87.8 Å². The van der Waals surface area contributed by atoms with Crippen LogP contribution in [0.25, 0.3) is 0 Å². The number of nitrogens with zero attached hydrogens (tertiary/aromatic N) is 1. The van der Waals surface area contributed by atoms with Crippen LogP contribution in [0.4, 0.5) is 5.00 Å². The van der Waals surface area contributed by atoms with Crippen molar-refractivity contribution in [2.75, 3.05) is 11.9 Å². The number of benzene rings is 2. The van der Waals surface area contributed by atoms with E-state index < -0.39 is 30.6 Å². The summed E-state index contributed by atoms with van der Waals surface area (Å²) in [6.07, 6.45) is 0.000486. The van der Waals surface area contributed by atoms with E-state index in [9.17, 15) is 14.4 Å². The average Bonchev–Trinajstić information content (AvgIpc) is 3.24. The molecule has 2 aromatic carbocycles. The molecule has 0 fully saturated rings. The highest BCUT2D eigenvalue weighted by molar-refractivity contribution is 7.14. The fraction of sp³-hybridized carbons (Fsp3) is 0.130. The molecule has 1 unspecified atom stereocenters. The van der Waals surface area contributed by atoms with Crippen LogP contribution in [0.15, 0.2) is 60.0 Å². The third-order valence-electron chi connectivity index (χ3n) is 4.76. The van der Waals surface area contributed by atoms with Gasteiger partial charge in [-0.15, -0.1) is 11.3 Å². The second-order valence-corrected chi connectivity index (χ2v) is 7.70. The van der Waals surface area contributed by atoms with E-state index >= 15 is 0 Å². The summed E-state index contributed by atoms with van der Waals surface area (Å²) >= 11 is 1.21. The molecule has 154 valence electrons. The largest absolute Gasteiger partial charge is 0.454 e. The SMILES string of the molecule is N#Cc1ccsc1NC(=O)COC(=O)c1ccc2c(c1)CC(c1ccccc1)OC2=O. The van der Waals surface area contributed by atoms with Crippen molar-refractivity contribution in [2.45, 2.75) is 12.5 Å². The molecule has 1 atom stereocenters. The maximum absolute atomic E-state index is 12.4. The molecule has 1 amide bonds. The molecule has 8 heteroatoms. The first-order valence-corrected chi connectivity index (χ1v) is 10.3. The maximum atomic E-state index is 12.4. The van der Waals surface area contributed by atoms with Crippen LogP contribution in [0.5, 0.6) is 0 Å². The van der Waals surface area contributed by atoms with Gasteiger partial charge in [0.05, 0.1) is 16.7 Å². The van der Waals surface area contributed by atoms with E-state index in [0.717, 1.165) is 5.56 Å². The Morgan fingerprint density at radius 1 is 1.19 bits per heavy atom. The minimum Gasteiger partial charge on any atom is -0.454 e. The highest BCUT2D eigenvalue weighted by Gasteiger charge is 2.28. The number of esters is 2. The van der Waals surface area contributed by atoms with Crippen LogP contribution >= 0.6 is 11.3 Å². The number of rotatable bonds is 5. The molecule has 31 heavy (non-hydrogen) atoms. The molecule has 1 aromatic heterocycles. The summed E-state index contributed by atoms with van der Waals surface area (Å²) in [5, 5.41) is 13.6. The fourth-order valence-electron chi connectivity index (χ4n) is 3.25. The number of nitriles is 1. The number of carbonyl (C=O) groups excluding carboxylic acids is 3. The van der Waals surface area contributed by atoms with E-state index in [-0.39, 0.29) is 5.56 Å². The van der Waals surface area contributed by atoms with Crippen molar-refractivity contribution >= 4 is 34.2 Å². The van der Waals surface area contributed by atoms with E-state index in [0.29, 0.717) is 28.1 Å². The van der Waals surface area contributed by atoms with Gasteiger partial charge in [0.15, 0.2) is 6.61 Å². The zero-order valence-corrected chi connectivity index (χ0v) is 17.0. The van der Waals surface area contributed by atoms with Gasteiger partial charge in [0.25, 0.3) is 5.91 Å². The lowest BCUT2D eigenvalue weighted by Gasteiger charge is -2.25. The Hall–Kier alpha value is -3.96. The number of hydrogen-bond acceptors (Lipinski definition) is 7. The molecule has 0 spiro atoms. The van der Waals surface area contributed by atoms with Crippen LogP contribution in [-0.2, 0) is 20.7 Å². The molecule has 0 bridgehead atoms. The van der Waals surface area contributed by atoms with Crippen LogP contribution in [0.1, 0.15) is 43.5 Å². The highest BCUT2D eigenvalue weighted by atomic mass is 32.1. The second kappa shape index (κ2) is 8.81. The lowest BCUT2D eigenvalue weighted by Crippen LogP contribution is -2.23. The Bertz CT molecular complexity index is 1200. The number of hydrogen-bond donors (Lipinski definition) is 1. The van der Waals surface area contributed by atoms with E-state index in [1.54, 1.807) is 17.5 Å². The molecule has 1 aliphatic rings. The van der Waals surface area contributed by atoms with Crippen LogP contribution in [-0.4, -0.2) is 24.5 Å². The quantitative estimate of drug-likeness (QED) is 0.614. The van der Waals surface area contributed by atoms with Crippen molar-refractivity contribution in [1.29, 1.82) is 5.26 Å². The van der Waals surface area contributed by atoms with Gasteiger partial charge in [-0.3, -0.25) is 4.79 Å². The summed E-state index contributed by atoms with van der Waals surface area (Å²) < 4.78 is 10.6. The number of ether oxygens (including phenoxy) is 2. The van der Waals surface area contributed by atoms with Gasteiger partial charge in [-0.2, -0.15) is 5.26 Å². The monoisotopic (exact) mass is 432 g/mol. The number of amides is 1. The predicted molar refractivity (Wildman–Crippen MR) is 113 cm³/mol. The van der Waals surface area contributed by atoms with Crippen LogP contribution in [0.2, 0.25) is 0 Å². The minimum atomic E-state index is -0.681. The van der Waals surface area contributed by atoms with Gasteiger partial charge in [0, 0.05) is 6.42 Å². The van der Waals surface area contributed by atoms with Crippen molar-refractivity contribution in [1.82, 2.24) is 0 Å². The predicted octanol–water partition coefficient (Wildman–Crippen LogP) is 3.87. The molecule has 1 N–H and O–H groups in total. The zero-order chi connectivity index (χ0) is 21.8. The molecule has 0 saturated carbocycles. The van der Waals surface area contributed by atoms with Crippen LogP contribution < -0.4 is 5.32 Å². The topological polar surface area (TPSA) is 105 Å². The van der Waals surface area contributed by atoms with Crippen molar-refractivity contribution < 1.29 is 23.9 Å². The van der Waals surface area contributed by atoms with Crippen molar-refractivity contribution in [3.8, 4) is 6.07 Å². The Kier molecular flexibility index (Phi) is 5.78. The molecule has 0 saturated heterocycles. The summed E-state index contributed by atoms with van der Waals surface area (Å²) in [6.45, 7) is -0.493. The van der Waals surface area contributed by atoms with Gasteiger partial charge in [-0.05, 0) is 40.8 Å². The fourth-order valence-corrected chi connectivity index (χ4v) is 4.00. The third-order valence-corrected chi connectivity index (χ3v) is 5.59. The molecule has 2 heterocycles. The van der Waals surface area contributed by atoms with Crippen molar-refractivity contribution in [2.24, 2.45) is 0 Å². The van der Waals surface area contributed by atoms with E-state index in [1.807, 2.05) is 36.4 Å². The number of fused-ring (bicyclic) bond motifs is 1. The van der Waals surface area contributed by atoms with Gasteiger partial charge >= 0.3 is 11.9 Å². The first-order chi connectivity index (χ1) is 15.0. The number of thiophene rings is 1. The Balaban J connectivity index is 1.42. The van der Waals surface area contributed by atoms with Gasteiger partial charge in [0.2, 0.25) is 0 Å². The molecule has 0 radical (unpaired) electrons. The summed E-state index contributed by atoms with van der Waals surface area (Å²) in [5.41, 5.74) is 2.54. The Morgan fingerprint density at radius 2 is 2.00 bits per heavy atom. The highest BCUT2D eigenvalue weighted by Crippen LogP contribution is 2.31. The smallest absolute Gasteiger partial charge is 0.339 e. The molecule has 7 nitrogen and oxygen atoms in total. The molecule has 3 aromatic rings. The maximum Gasteiger partial charge on any atom is 0.339 e. The van der Waals surface area contributed by atoms with Gasteiger partial charge in [-0.1, -0.05) is 30.3 Å². The van der Waals surface area contributed by atoms with Crippen LogP contribution in [0, 0.1) is 11.3 Å². The summed E-state index contributed by atoms with van der Waals surface area (Å²) in [6, 6.07) is 17.5. The summed E-state index contributed by atoms with van der Waals surface area (Å²) in [5.74, 6) is -1.67. The molecular weight excluding hydrogens is 416 g/mol. The van der Waals surface area contributed by atoms with Crippen molar-refractivity contribution in [3.63, 3.8) is 0 Å². The minimum absolute atomic E-state index is 0.238. The van der Waals surface area contributed by atoms with E-state index in [4.69, 9.17) is 14.7 Å². The number of anilines is 1. The number of cyclic esters (lactones) is 1. The van der Waals surface area contributed by atoms with Gasteiger partial charge in [-0.25, -0.2) is 9.59 Å². The number of carbonyl (C=O) groups is 3.